The predicted molar refractivity (Wildman–Crippen MR) is 81.2 cm³/mol. The molecule has 2 rings (SSSR count). The molecule has 1 heterocycles. The van der Waals surface area contributed by atoms with E-state index in [9.17, 15) is 10.2 Å². The average Bonchev–Trinajstić information content (AvgIpc) is 2.45. The molecule has 1 aliphatic heterocycles. The van der Waals surface area contributed by atoms with Gasteiger partial charge in [-0.25, -0.2) is 0 Å². The first-order valence-corrected chi connectivity index (χ1v) is 7.38. The Kier molecular flexibility index (Phi) is 4.91. The molecule has 0 saturated carbocycles. The number of para-hydroxylation sites is 1. The molecule has 0 amide bonds. The Morgan fingerprint density at radius 2 is 2.00 bits per heavy atom. The quantitative estimate of drug-likeness (QED) is 0.796. The van der Waals surface area contributed by atoms with Crippen molar-refractivity contribution in [1.29, 1.82) is 0 Å². The van der Waals surface area contributed by atoms with Gasteiger partial charge in [-0.3, -0.25) is 4.90 Å². The molecule has 0 spiro atoms. The summed E-state index contributed by atoms with van der Waals surface area (Å²) in [4.78, 5) is 2.30. The van der Waals surface area contributed by atoms with Crippen LogP contribution in [-0.4, -0.2) is 47.9 Å². The molecule has 1 aliphatic rings. The lowest BCUT2D eigenvalue weighted by Crippen LogP contribution is -2.49. The highest BCUT2D eigenvalue weighted by Gasteiger charge is 2.37. The van der Waals surface area contributed by atoms with Crippen molar-refractivity contribution in [2.75, 3.05) is 32.8 Å². The molecule has 0 radical (unpaired) electrons. The molecular formula is C15H23ClN2O2. The number of nitrogens with zero attached hydrogens (tertiary/aromatic N) is 1. The fourth-order valence-electron chi connectivity index (χ4n) is 2.89. The first-order valence-electron chi connectivity index (χ1n) is 7.00. The van der Waals surface area contributed by atoms with Crippen LogP contribution in [0, 0.1) is 5.41 Å². The lowest BCUT2D eigenvalue weighted by atomic mass is 9.79. The molecule has 0 aromatic heterocycles. The molecule has 0 unspecified atom stereocenters. The number of piperazine rings is 1. The Bertz CT molecular complexity index is 459. The van der Waals surface area contributed by atoms with Crippen molar-refractivity contribution < 1.29 is 10.2 Å². The lowest BCUT2D eigenvalue weighted by molar-refractivity contribution is 0.0293. The summed E-state index contributed by atoms with van der Waals surface area (Å²) < 4.78 is 0. The van der Waals surface area contributed by atoms with E-state index in [1.54, 1.807) is 6.07 Å². The Balaban J connectivity index is 2.42. The van der Waals surface area contributed by atoms with Crippen LogP contribution < -0.4 is 5.32 Å². The highest BCUT2D eigenvalue weighted by molar-refractivity contribution is 6.32. The van der Waals surface area contributed by atoms with E-state index in [2.05, 4.69) is 10.2 Å². The molecular weight excluding hydrogens is 276 g/mol. The Morgan fingerprint density at radius 3 is 2.60 bits per heavy atom. The van der Waals surface area contributed by atoms with E-state index in [0.29, 0.717) is 5.02 Å². The van der Waals surface area contributed by atoms with Crippen LogP contribution in [0.15, 0.2) is 18.2 Å². The molecule has 1 aromatic rings. The van der Waals surface area contributed by atoms with Crippen LogP contribution in [0.3, 0.4) is 0 Å². The van der Waals surface area contributed by atoms with Gasteiger partial charge >= 0.3 is 0 Å². The minimum Gasteiger partial charge on any atom is -0.506 e. The van der Waals surface area contributed by atoms with E-state index in [1.165, 1.54) is 0 Å². The van der Waals surface area contributed by atoms with Crippen LogP contribution in [0.25, 0.3) is 0 Å². The highest BCUT2D eigenvalue weighted by atomic mass is 35.5. The van der Waals surface area contributed by atoms with Gasteiger partial charge in [0.25, 0.3) is 0 Å². The number of aliphatic hydroxyl groups excluding tert-OH is 1. The van der Waals surface area contributed by atoms with Crippen molar-refractivity contribution in [2.24, 2.45) is 5.41 Å². The first-order chi connectivity index (χ1) is 9.47. The molecule has 1 aromatic carbocycles. The molecule has 4 nitrogen and oxygen atoms in total. The molecule has 5 heteroatoms. The zero-order chi connectivity index (χ0) is 14.8. The number of hydrogen-bond acceptors (Lipinski definition) is 4. The van der Waals surface area contributed by atoms with Crippen LogP contribution in [0.4, 0.5) is 0 Å². The smallest absolute Gasteiger partial charge is 0.138 e. The van der Waals surface area contributed by atoms with E-state index < -0.39 is 0 Å². The van der Waals surface area contributed by atoms with Crippen LogP contribution in [0.2, 0.25) is 5.02 Å². The molecule has 0 aliphatic carbocycles. The molecule has 1 fully saturated rings. The third-order valence-corrected chi connectivity index (χ3v) is 4.28. The normalized spacial score (nSPS) is 19.0. The van der Waals surface area contributed by atoms with Gasteiger partial charge in [0.2, 0.25) is 0 Å². The second-order valence-electron chi connectivity index (χ2n) is 6.01. The van der Waals surface area contributed by atoms with Gasteiger partial charge in [0.15, 0.2) is 0 Å². The monoisotopic (exact) mass is 298 g/mol. The molecule has 112 valence electrons. The summed E-state index contributed by atoms with van der Waals surface area (Å²) in [7, 11) is 0. The number of nitrogens with one attached hydrogen (secondary N) is 1. The largest absolute Gasteiger partial charge is 0.506 e. The van der Waals surface area contributed by atoms with Crippen molar-refractivity contribution in [3.8, 4) is 5.75 Å². The fraction of sp³-hybridized carbons (Fsp3) is 0.600. The third-order valence-electron chi connectivity index (χ3n) is 3.98. The minimum absolute atomic E-state index is 0.0492. The van der Waals surface area contributed by atoms with Gasteiger partial charge in [0.1, 0.15) is 5.75 Å². The van der Waals surface area contributed by atoms with Gasteiger partial charge in [-0.1, -0.05) is 37.6 Å². The highest BCUT2D eigenvalue weighted by Crippen LogP contribution is 2.43. The number of rotatable bonds is 4. The van der Waals surface area contributed by atoms with Crippen molar-refractivity contribution >= 4 is 11.6 Å². The van der Waals surface area contributed by atoms with Gasteiger partial charge in [0.05, 0.1) is 5.02 Å². The Labute approximate surface area is 125 Å². The summed E-state index contributed by atoms with van der Waals surface area (Å²) in [5.41, 5.74) is 0.429. The lowest BCUT2D eigenvalue weighted by Gasteiger charge is -2.43. The van der Waals surface area contributed by atoms with E-state index >= 15 is 0 Å². The maximum absolute atomic E-state index is 10.3. The van der Waals surface area contributed by atoms with Crippen molar-refractivity contribution in [3.05, 3.63) is 28.8 Å². The second kappa shape index (κ2) is 6.31. The maximum Gasteiger partial charge on any atom is 0.138 e. The summed E-state index contributed by atoms with van der Waals surface area (Å²) in [5, 5.41) is 23.7. The molecule has 0 bridgehead atoms. The molecule has 1 saturated heterocycles. The van der Waals surface area contributed by atoms with Gasteiger partial charge in [0, 0.05) is 49.8 Å². The number of aliphatic hydroxyl groups is 1. The third kappa shape index (κ3) is 3.09. The zero-order valence-corrected chi connectivity index (χ0v) is 12.8. The van der Waals surface area contributed by atoms with E-state index in [4.69, 9.17) is 11.6 Å². The van der Waals surface area contributed by atoms with Gasteiger partial charge in [-0.2, -0.15) is 0 Å². The summed E-state index contributed by atoms with van der Waals surface area (Å²) in [6.07, 6.45) is 0. The standard InChI is InChI=1S/C15H23ClN2O2/c1-15(2,10-19)14(18-8-6-17-7-9-18)11-4-3-5-12(16)13(11)20/h3-5,14,17,19-20H,6-10H2,1-2H3/t14-/m1/s1. The van der Waals surface area contributed by atoms with Gasteiger partial charge in [-0.05, 0) is 6.07 Å². The topological polar surface area (TPSA) is 55.7 Å². The van der Waals surface area contributed by atoms with Crippen LogP contribution in [-0.2, 0) is 0 Å². The fourth-order valence-corrected chi connectivity index (χ4v) is 3.07. The van der Waals surface area contributed by atoms with Crippen LogP contribution in [0.5, 0.6) is 5.75 Å². The average molecular weight is 299 g/mol. The Hall–Kier alpha value is -0.810. The van der Waals surface area contributed by atoms with Gasteiger partial charge < -0.3 is 15.5 Å². The first kappa shape index (κ1) is 15.6. The van der Waals surface area contributed by atoms with E-state index in [0.717, 1.165) is 31.7 Å². The van der Waals surface area contributed by atoms with Crippen molar-refractivity contribution in [2.45, 2.75) is 19.9 Å². The molecule has 1 atom stereocenters. The van der Waals surface area contributed by atoms with E-state index in [1.807, 2.05) is 26.0 Å². The SMILES string of the molecule is CC(C)(CO)[C@@H](c1cccc(Cl)c1O)N1CCNCC1. The van der Waals surface area contributed by atoms with Crippen LogP contribution in [0.1, 0.15) is 25.5 Å². The summed E-state index contributed by atoms with van der Waals surface area (Å²) >= 11 is 6.05. The summed E-state index contributed by atoms with van der Waals surface area (Å²) in [6.45, 7) is 7.69. The summed E-state index contributed by atoms with van der Waals surface area (Å²) in [5.74, 6) is 0.124. The number of phenols is 1. The zero-order valence-electron chi connectivity index (χ0n) is 12.1. The second-order valence-corrected chi connectivity index (χ2v) is 6.42. The molecule has 20 heavy (non-hydrogen) atoms. The van der Waals surface area contributed by atoms with Crippen LogP contribution >= 0.6 is 11.6 Å². The number of hydrogen-bond donors (Lipinski definition) is 3. The molecule has 3 N–H and O–H groups in total. The van der Waals surface area contributed by atoms with Crippen molar-refractivity contribution in [1.82, 2.24) is 10.2 Å². The number of aromatic hydroxyl groups is 1. The summed E-state index contributed by atoms with van der Waals surface area (Å²) in [6, 6.07) is 5.36. The maximum atomic E-state index is 10.3. The van der Waals surface area contributed by atoms with Gasteiger partial charge in [-0.15, -0.1) is 0 Å². The minimum atomic E-state index is -0.362. The number of halogens is 1. The predicted octanol–water partition coefficient (Wildman–Crippen LogP) is 2.01. The number of phenolic OH excluding ortho intramolecular Hbond substituents is 1. The van der Waals surface area contributed by atoms with Crippen molar-refractivity contribution in [3.63, 3.8) is 0 Å². The van der Waals surface area contributed by atoms with E-state index in [-0.39, 0.29) is 23.8 Å². The number of benzene rings is 1. The Morgan fingerprint density at radius 1 is 1.35 bits per heavy atom.